The first-order chi connectivity index (χ1) is 15.7. The number of halogens is 1. The minimum Gasteiger partial charge on any atom is -0.350 e. The molecule has 0 fully saturated rings. The summed E-state index contributed by atoms with van der Waals surface area (Å²) in [5.41, 5.74) is 1.92. The molecule has 1 aliphatic heterocycles. The average molecular weight is 466 g/mol. The van der Waals surface area contributed by atoms with Crippen LogP contribution >= 0.6 is 11.6 Å². The van der Waals surface area contributed by atoms with Crippen LogP contribution in [0.2, 0.25) is 5.02 Å². The van der Waals surface area contributed by atoms with Gasteiger partial charge in [-0.05, 0) is 61.9 Å². The highest BCUT2D eigenvalue weighted by Gasteiger charge is 2.48. The summed E-state index contributed by atoms with van der Waals surface area (Å²) >= 11 is 5.95. The first-order valence-electron chi connectivity index (χ1n) is 10.5. The van der Waals surface area contributed by atoms with Crippen molar-refractivity contribution in [1.82, 2.24) is 15.1 Å². The molecule has 0 radical (unpaired) electrons. The third-order valence-electron chi connectivity index (χ3n) is 5.58. The number of aryl methyl sites for hydroxylation is 1. The number of aromatic nitrogens is 2. The molecule has 2 heterocycles. The molecular weight excluding hydrogens is 442 g/mol. The van der Waals surface area contributed by atoms with Gasteiger partial charge >= 0.3 is 0 Å². The first kappa shape index (κ1) is 22.5. The highest BCUT2D eigenvalue weighted by molar-refractivity contribution is 6.30. The van der Waals surface area contributed by atoms with Gasteiger partial charge in [0.05, 0.1) is 12.2 Å². The summed E-state index contributed by atoms with van der Waals surface area (Å²) < 4.78 is 1.59. The van der Waals surface area contributed by atoms with Gasteiger partial charge in [0.2, 0.25) is 11.8 Å². The Morgan fingerprint density at radius 3 is 2.42 bits per heavy atom. The maximum absolute atomic E-state index is 13.5. The molecule has 1 aromatic heterocycles. The van der Waals surface area contributed by atoms with Gasteiger partial charge in [-0.15, -0.1) is 0 Å². The Kier molecular flexibility index (Phi) is 5.95. The van der Waals surface area contributed by atoms with Crippen LogP contribution in [0, 0.1) is 6.92 Å². The van der Waals surface area contributed by atoms with Crippen LogP contribution in [0.5, 0.6) is 0 Å². The van der Waals surface area contributed by atoms with E-state index in [1.807, 2.05) is 19.1 Å². The Hall–Kier alpha value is -3.65. The smallest absolute Gasteiger partial charge is 0.277 e. The second-order valence-electron chi connectivity index (χ2n) is 8.28. The van der Waals surface area contributed by atoms with E-state index >= 15 is 0 Å². The molecule has 170 valence electrons. The van der Waals surface area contributed by atoms with E-state index in [4.69, 9.17) is 11.6 Å². The quantitative estimate of drug-likeness (QED) is 0.602. The lowest BCUT2D eigenvalue weighted by atomic mass is 9.93. The van der Waals surface area contributed by atoms with Crippen molar-refractivity contribution in [2.75, 3.05) is 10.2 Å². The zero-order valence-electron chi connectivity index (χ0n) is 18.6. The number of carbonyl (C=O) groups is 3. The number of anilines is 2. The standard InChI is InChI=1S/C24H24ClN5O3/c1-15-12-21-22(32)30(20-10-8-19(9-11-20)27-16(2)31)24(3,14-29(21)28-15)23(33)26-13-17-4-6-18(25)7-5-17/h4-12H,13-14H2,1-3H3,(H,26,33)(H,27,31)/t24-/m0/s1. The molecule has 0 saturated carbocycles. The third-order valence-corrected chi connectivity index (χ3v) is 5.83. The molecule has 9 heteroatoms. The number of amides is 3. The summed E-state index contributed by atoms with van der Waals surface area (Å²) in [6.45, 7) is 5.45. The maximum atomic E-state index is 13.5. The molecule has 3 aromatic rings. The van der Waals surface area contributed by atoms with Gasteiger partial charge in [-0.2, -0.15) is 5.10 Å². The molecule has 33 heavy (non-hydrogen) atoms. The molecule has 4 rings (SSSR count). The molecule has 0 unspecified atom stereocenters. The molecule has 0 saturated heterocycles. The Morgan fingerprint density at radius 1 is 1.12 bits per heavy atom. The normalized spacial score (nSPS) is 17.5. The number of carbonyl (C=O) groups excluding carboxylic acids is 3. The zero-order chi connectivity index (χ0) is 23.8. The fraction of sp³-hybridized carbons (Fsp3) is 0.250. The average Bonchev–Trinajstić information content (AvgIpc) is 3.14. The van der Waals surface area contributed by atoms with Gasteiger partial charge < -0.3 is 10.6 Å². The third kappa shape index (κ3) is 4.47. The predicted octanol–water partition coefficient (Wildman–Crippen LogP) is 3.54. The van der Waals surface area contributed by atoms with Gasteiger partial charge in [-0.3, -0.25) is 24.0 Å². The fourth-order valence-electron chi connectivity index (χ4n) is 3.99. The molecule has 1 aliphatic rings. The van der Waals surface area contributed by atoms with Crippen LogP contribution in [0.4, 0.5) is 11.4 Å². The number of benzene rings is 2. The van der Waals surface area contributed by atoms with Crippen molar-refractivity contribution in [3.05, 3.63) is 76.6 Å². The summed E-state index contributed by atoms with van der Waals surface area (Å²) in [6.07, 6.45) is 0. The van der Waals surface area contributed by atoms with Crippen molar-refractivity contribution in [1.29, 1.82) is 0 Å². The van der Waals surface area contributed by atoms with E-state index in [-0.39, 0.29) is 24.3 Å². The number of rotatable bonds is 5. The Bertz CT molecular complexity index is 1220. The maximum Gasteiger partial charge on any atom is 0.277 e. The van der Waals surface area contributed by atoms with E-state index in [0.29, 0.717) is 34.3 Å². The van der Waals surface area contributed by atoms with Crippen molar-refractivity contribution < 1.29 is 14.4 Å². The zero-order valence-corrected chi connectivity index (χ0v) is 19.3. The van der Waals surface area contributed by atoms with E-state index in [1.54, 1.807) is 54.1 Å². The van der Waals surface area contributed by atoms with Gasteiger partial charge in [-0.25, -0.2) is 0 Å². The van der Waals surface area contributed by atoms with E-state index in [9.17, 15) is 14.4 Å². The largest absolute Gasteiger partial charge is 0.350 e. The topological polar surface area (TPSA) is 96.3 Å². The highest BCUT2D eigenvalue weighted by atomic mass is 35.5. The van der Waals surface area contributed by atoms with Gasteiger partial charge in [-0.1, -0.05) is 23.7 Å². The second-order valence-corrected chi connectivity index (χ2v) is 8.72. The summed E-state index contributed by atoms with van der Waals surface area (Å²) in [4.78, 5) is 39.9. The Balaban J connectivity index is 1.67. The summed E-state index contributed by atoms with van der Waals surface area (Å²) in [5, 5.41) is 10.7. The molecule has 2 aromatic carbocycles. The first-order valence-corrected chi connectivity index (χ1v) is 10.8. The lowest BCUT2D eigenvalue weighted by Crippen LogP contribution is -2.64. The Morgan fingerprint density at radius 2 is 1.79 bits per heavy atom. The van der Waals surface area contributed by atoms with Crippen LogP contribution in [0.15, 0.2) is 54.6 Å². The van der Waals surface area contributed by atoms with Crippen LogP contribution in [0.1, 0.15) is 35.6 Å². The number of hydrogen-bond donors (Lipinski definition) is 2. The summed E-state index contributed by atoms with van der Waals surface area (Å²) in [5.74, 6) is -0.823. The van der Waals surface area contributed by atoms with Crippen molar-refractivity contribution in [3.63, 3.8) is 0 Å². The highest BCUT2D eigenvalue weighted by Crippen LogP contribution is 2.33. The lowest BCUT2D eigenvalue weighted by Gasteiger charge is -2.43. The molecule has 3 amide bonds. The van der Waals surface area contributed by atoms with Crippen molar-refractivity contribution in [3.8, 4) is 0 Å². The van der Waals surface area contributed by atoms with Crippen molar-refractivity contribution in [2.24, 2.45) is 0 Å². The van der Waals surface area contributed by atoms with Gasteiger partial charge in [0.25, 0.3) is 5.91 Å². The molecule has 0 spiro atoms. The van der Waals surface area contributed by atoms with Crippen LogP contribution < -0.4 is 15.5 Å². The lowest BCUT2D eigenvalue weighted by molar-refractivity contribution is -0.126. The fourth-order valence-corrected chi connectivity index (χ4v) is 4.11. The molecule has 1 atom stereocenters. The number of nitrogens with one attached hydrogen (secondary N) is 2. The minimum absolute atomic E-state index is 0.192. The minimum atomic E-state index is -1.23. The number of hydrogen-bond acceptors (Lipinski definition) is 4. The van der Waals surface area contributed by atoms with Crippen LogP contribution in [0.3, 0.4) is 0 Å². The molecule has 2 N–H and O–H groups in total. The predicted molar refractivity (Wildman–Crippen MR) is 126 cm³/mol. The van der Waals surface area contributed by atoms with Gasteiger partial charge in [0.1, 0.15) is 11.2 Å². The van der Waals surface area contributed by atoms with E-state index in [1.165, 1.54) is 11.8 Å². The molecule has 8 nitrogen and oxygen atoms in total. The van der Waals surface area contributed by atoms with Crippen molar-refractivity contribution >= 4 is 40.7 Å². The SMILES string of the molecule is CC(=O)Nc1ccc(N2C(=O)c3cc(C)nn3C[C@@]2(C)C(=O)NCc2ccc(Cl)cc2)cc1. The second kappa shape index (κ2) is 8.71. The summed E-state index contributed by atoms with van der Waals surface area (Å²) in [6, 6.07) is 15.7. The Labute approximate surface area is 196 Å². The van der Waals surface area contributed by atoms with Crippen LogP contribution in [-0.4, -0.2) is 33.0 Å². The molecular formula is C24H24ClN5O3. The van der Waals surface area contributed by atoms with Crippen LogP contribution in [0.25, 0.3) is 0 Å². The van der Waals surface area contributed by atoms with Crippen molar-refractivity contribution in [2.45, 2.75) is 39.4 Å². The van der Waals surface area contributed by atoms with E-state index in [2.05, 4.69) is 15.7 Å². The van der Waals surface area contributed by atoms with E-state index < -0.39 is 5.54 Å². The van der Waals surface area contributed by atoms with Crippen LogP contribution in [-0.2, 0) is 22.7 Å². The van der Waals surface area contributed by atoms with E-state index in [0.717, 1.165) is 5.56 Å². The molecule has 0 bridgehead atoms. The monoisotopic (exact) mass is 465 g/mol. The number of nitrogens with zero attached hydrogens (tertiary/aromatic N) is 3. The summed E-state index contributed by atoms with van der Waals surface area (Å²) in [7, 11) is 0. The van der Waals surface area contributed by atoms with Gasteiger partial charge in [0.15, 0.2) is 0 Å². The van der Waals surface area contributed by atoms with Gasteiger partial charge in [0, 0.05) is 29.9 Å². The molecule has 0 aliphatic carbocycles. The number of fused-ring (bicyclic) bond motifs is 1.